The Kier molecular flexibility index (Phi) is 7.58. The quantitative estimate of drug-likeness (QED) is 0.264. The van der Waals surface area contributed by atoms with Gasteiger partial charge in [-0.05, 0) is 61.2 Å². The van der Waals surface area contributed by atoms with Crippen molar-refractivity contribution in [1.82, 2.24) is 4.98 Å². The number of rotatable bonds is 8. The molecule has 31 heavy (non-hydrogen) atoms. The molecule has 0 unspecified atom stereocenters. The Labute approximate surface area is 187 Å². The first-order chi connectivity index (χ1) is 15.0. The summed E-state index contributed by atoms with van der Waals surface area (Å²) in [6.45, 7) is 6.91. The first-order valence-electron chi connectivity index (χ1n) is 10.2. The minimum atomic E-state index is -0.480. The molecule has 0 atom stereocenters. The van der Waals surface area contributed by atoms with Gasteiger partial charge in [-0.1, -0.05) is 37.6 Å². The van der Waals surface area contributed by atoms with Crippen molar-refractivity contribution in [1.29, 1.82) is 5.26 Å². The highest BCUT2D eigenvalue weighted by Crippen LogP contribution is 2.27. The minimum absolute atomic E-state index is 0.0163. The molecule has 2 aromatic carbocycles. The Balaban J connectivity index is 1.68. The summed E-state index contributed by atoms with van der Waals surface area (Å²) in [5.74, 6) is 0.293. The first kappa shape index (κ1) is 22.3. The van der Waals surface area contributed by atoms with Gasteiger partial charge in [-0.25, -0.2) is 4.98 Å². The lowest BCUT2D eigenvalue weighted by Gasteiger charge is -2.05. The van der Waals surface area contributed by atoms with Crippen LogP contribution in [0, 0.1) is 25.2 Å². The van der Waals surface area contributed by atoms with Crippen LogP contribution in [0.25, 0.3) is 17.3 Å². The smallest absolute Gasteiger partial charge is 0.268 e. The molecule has 0 aliphatic rings. The maximum Gasteiger partial charge on any atom is 0.268 e. The fraction of sp³-hybridized carbons (Fsp3) is 0.240. The van der Waals surface area contributed by atoms with Gasteiger partial charge in [0.15, 0.2) is 5.13 Å². The Morgan fingerprint density at radius 1 is 1.19 bits per heavy atom. The summed E-state index contributed by atoms with van der Waals surface area (Å²) >= 11 is 1.33. The number of anilines is 1. The van der Waals surface area contributed by atoms with E-state index in [9.17, 15) is 10.1 Å². The van der Waals surface area contributed by atoms with E-state index in [1.807, 2.05) is 41.8 Å². The van der Waals surface area contributed by atoms with Gasteiger partial charge in [-0.2, -0.15) is 5.26 Å². The number of aryl methyl sites for hydroxylation is 2. The number of hydrogen-bond donors (Lipinski definition) is 1. The number of aromatic nitrogens is 1. The largest absolute Gasteiger partial charge is 0.494 e. The van der Waals surface area contributed by atoms with Gasteiger partial charge in [0.1, 0.15) is 17.4 Å². The lowest BCUT2D eigenvalue weighted by molar-refractivity contribution is -0.112. The van der Waals surface area contributed by atoms with E-state index < -0.39 is 5.91 Å². The van der Waals surface area contributed by atoms with Crippen molar-refractivity contribution in [2.45, 2.75) is 33.6 Å². The zero-order chi connectivity index (χ0) is 22.2. The number of thiazole rings is 1. The van der Waals surface area contributed by atoms with Crippen molar-refractivity contribution < 1.29 is 9.53 Å². The molecule has 0 saturated carbocycles. The van der Waals surface area contributed by atoms with Crippen molar-refractivity contribution in [3.05, 3.63) is 70.1 Å². The highest BCUT2D eigenvalue weighted by atomic mass is 32.1. The lowest BCUT2D eigenvalue weighted by atomic mass is 10.1. The van der Waals surface area contributed by atoms with Crippen LogP contribution in [-0.4, -0.2) is 17.5 Å². The number of amides is 1. The van der Waals surface area contributed by atoms with Gasteiger partial charge in [-0.3, -0.25) is 10.1 Å². The van der Waals surface area contributed by atoms with Crippen LogP contribution in [0.2, 0.25) is 0 Å². The molecule has 3 rings (SSSR count). The Morgan fingerprint density at radius 2 is 1.97 bits per heavy atom. The summed E-state index contributed by atoms with van der Waals surface area (Å²) in [4.78, 5) is 17.1. The molecule has 6 heteroatoms. The maximum absolute atomic E-state index is 12.6. The van der Waals surface area contributed by atoms with E-state index in [0.717, 1.165) is 35.4 Å². The highest BCUT2D eigenvalue weighted by molar-refractivity contribution is 7.14. The Morgan fingerprint density at radius 3 is 2.65 bits per heavy atom. The van der Waals surface area contributed by atoms with Crippen molar-refractivity contribution in [2.24, 2.45) is 0 Å². The normalized spacial score (nSPS) is 11.1. The minimum Gasteiger partial charge on any atom is -0.494 e. The molecule has 0 fully saturated rings. The van der Waals surface area contributed by atoms with Crippen LogP contribution >= 0.6 is 11.3 Å². The topological polar surface area (TPSA) is 75.0 Å². The van der Waals surface area contributed by atoms with Crippen LogP contribution < -0.4 is 10.1 Å². The highest BCUT2D eigenvalue weighted by Gasteiger charge is 2.13. The fourth-order valence-electron chi connectivity index (χ4n) is 2.84. The number of nitrogens with zero attached hydrogens (tertiary/aromatic N) is 2. The number of carbonyl (C=O) groups excluding carboxylic acids is 1. The molecular formula is C25H25N3O2S. The number of hydrogen-bond acceptors (Lipinski definition) is 5. The van der Waals surface area contributed by atoms with Gasteiger partial charge in [0.05, 0.1) is 12.3 Å². The van der Waals surface area contributed by atoms with Crippen molar-refractivity contribution in [3.63, 3.8) is 0 Å². The number of benzene rings is 2. The fourth-order valence-corrected chi connectivity index (χ4v) is 3.55. The monoisotopic (exact) mass is 431 g/mol. The molecule has 1 amide bonds. The van der Waals surface area contributed by atoms with E-state index in [4.69, 9.17) is 4.74 Å². The Bertz CT molecular complexity index is 1120. The second-order valence-corrected chi connectivity index (χ2v) is 8.09. The molecule has 0 spiro atoms. The zero-order valence-corrected chi connectivity index (χ0v) is 18.8. The summed E-state index contributed by atoms with van der Waals surface area (Å²) < 4.78 is 5.64. The molecule has 1 aromatic heterocycles. The van der Waals surface area contributed by atoms with E-state index in [1.165, 1.54) is 22.5 Å². The van der Waals surface area contributed by atoms with Crippen LogP contribution in [0.3, 0.4) is 0 Å². The number of carbonyl (C=O) groups is 1. The number of ether oxygens (including phenoxy) is 1. The van der Waals surface area contributed by atoms with Crippen LogP contribution in [0.1, 0.15) is 36.5 Å². The van der Waals surface area contributed by atoms with Crippen LogP contribution in [-0.2, 0) is 4.79 Å². The van der Waals surface area contributed by atoms with Gasteiger partial charge in [0.25, 0.3) is 5.91 Å². The van der Waals surface area contributed by atoms with Crippen LogP contribution in [0.15, 0.2) is 53.4 Å². The molecule has 5 nitrogen and oxygen atoms in total. The van der Waals surface area contributed by atoms with Crippen molar-refractivity contribution >= 4 is 28.5 Å². The van der Waals surface area contributed by atoms with E-state index >= 15 is 0 Å². The van der Waals surface area contributed by atoms with E-state index in [0.29, 0.717) is 11.7 Å². The first-order valence-corrected chi connectivity index (χ1v) is 11.1. The van der Waals surface area contributed by atoms with Crippen molar-refractivity contribution in [3.8, 4) is 23.1 Å². The molecule has 0 aliphatic heterocycles. The van der Waals surface area contributed by atoms with E-state index in [2.05, 4.69) is 43.2 Å². The maximum atomic E-state index is 12.6. The summed E-state index contributed by atoms with van der Waals surface area (Å²) in [6, 6.07) is 15.4. The molecule has 1 N–H and O–H groups in total. The summed E-state index contributed by atoms with van der Waals surface area (Å²) in [5, 5.41) is 14.5. The third-order valence-electron chi connectivity index (χ3n) is 4.85. The van der Waals surface area contributed by atoms with Gasteiger partial charge in [0, 0.05) is 10.9 Å². The van der Waals surface area contributed by atoms with Crippen molar-refractivity contribution in [2.75, 3.05) is 11.9 Å². The average Bonchev–Trinajstić information content (AvgIpc) is 3.23. The molecule has 0 saturated heterocycles. The summed E-state index contributed by atoms with van der Waals surface area (Å²) in [5.41, 5.74) is 4.97. The molecule has 0 aliphatic carbocycles. The lowest BCUT2D eigenvalue weighted by Crippen LogP contribution is -2.13. The van der Waals surface area contributed by atoms with Crippen LogP contribution in [0.5, 0.6) is 5.75 Å². The van der Waals surface area contributed by atoms with E-state index in [-0.39, 0.29) is 5.57 Å². The van der Waals surface area contributed by atoms with E-state index in [1.54, 1.807) is 6.08 Å². The predicted octanol–water partition coefficient (Wildman–Crippen LogP) is 6.15. The van der Waals surface area contributed by atoms with Gasteiger partial charge >= 0.3 is 0 Å². The third kappa shape index (κ3) is 6.03. The predicted molar refractivity (Wildman–Crippen MR) is 126 cm³/mol. The summed E-state index contributed by atoms with van der Waals surface area (Å²) in [7, 11) is 0. The number of unbranched alkanes of at least 4 members (excludes halogenated alkanes) is 1. The second kappa shape index (κ2) is 10.6. The third-order valence-corrected chi connectivity index (χ3v) is 5.61. The number of nitriles is 1. The SMILES string of the molecule is CCCCOc1ccc(C=C(C#N)C(=O)Nc2nc(-c3ccc(C)c(C)c3)cs2)cc1. The molecule has 0 radical (unpaired) electrons. The molecular weight excluding hydrogens is 406 g/mol. The average molecular weight is 432 g/mol. The zero-order valence-electron chi connectivity index (χ0n) is 17.9. The molecule has 0 bridgehead atoms. The second-order valence-electron chi connectivity index (χ2n) is 7.23. The van der Waals surface area contributed by atoms with Gasteiger partial charge < -0.3 is 4.74 Å². The Hall–Kier alpha value is -3.43. The van der Waals surface area contributed by atoms with Gasteiger partial charge in [0.2, 0.25) is 0 Å². The molecule has 158 valence electrons. The molecule has 3 aromatic rings. The summed E-state index contributed by atoms with van der Waals surface area (Å²) in [6.07, 6.45) is 3.64. The molecule has 1 heterocycles. The standard InChI is InChI=1S/C25H25N3O2S/c1-4-5-12-30-22-10-7-19(8-11-22)14-21(15-26)24(29)28-25-27-23(16-31-25)20-9-6-17(2)18(3)13-20/h6-11,13-14,16H,4-5,12H2,1-3H3,(H,27,28,29). The van der Waals surface area contributed by atoms with Gasteiger partial charge in [-0.15, -0.1) is 11.3 Å². The number of nitrogens with one attached hydrogen (secondary N) is 1. The van der Waals surface area contributed by atoms with Crippen LogP contribution in [0.4, 0.5) is 5.13 Å².